The first-order valence-electron chi connectivity index (χ1n) is 9.42. The summed E-state index contributed by atoms with van der Waals surface area (Å²) in [5.41, 5.74) is -0.502. The first-order chi connectivity index (χ1) is 14.7. The first-order valence-corrected chi connectivity index (χ1v) is 9.42. The van der Waals surface area contributed by atoms with Crippen LogP contribution in [0.4, 0.5) is 0 Å². The van der Waals surface area contributed by atoms with Crippen molar-refractivity contribution in [3.63, 3.8) is 0 Å². The second-order valence-electron chi connectivity index (χ2n) is 7.47. The van der Waals surface area contributed by atoms with Gasteiger partial charge in [0.15, 0.2) is 17.3 Å². The van der Waals surface area contributed by atoms with Crippen LogP contribution in [0.1, 0.15) is 37.4 Å². The van der Waals surface area contributed by atoms with Crippen LogP contribution in [0.5, 0.6) is 17.2 Å². The number of carbonyl (C=O) groups is 2. The molecule has 1 aliphatic carbocycles. The van der Waals surface area contributed by atoms with Gasteiger partial charge in [-0.15, -0.1) is 0 Å². The second-order valence-corrected chi connectivity index (χ2v) is 7.47. The van der Waals surface area contributed by atoms with Crippen LogP contribution in [0.15, 0.2) is 24.3 Å². The van der Waals surface area contributed by atoms with E-state index in [9.17, 15) is 40.2 Å². The number of ether oxygens (including phenoxy) is 2. The zero-order valence-electron chi connectivity index (χ0n) is 16.2. The Morgan fingerprint density at radius 1 is 0.968 bits per heavy atom. The van der Waals surface area contributed by atoms with E-state index in [-0.39, 0.29) is 33.6 Å². The number of aryl methyl sites for hydroxylation is 1. The Kier molecular flexibility index (Phi) is 5.20. The molecule has 164 valence electrons. The largest absolute Gasteiger partial charge is 0.507 e. The van der Waals surface area contributed by atoms with E-state index in [0.717, 1.165) is 0 Å². The summed E-state index contributed by atoms with van der Waals surface area (Å²) in [5, 5.41) is 60.2. The Morgan fingerprint density at radius 2 is 1.68 bits per heavy atom. The van der Waals surface area contributed by atoms with Crippen LogP contribution in [-0.2, 0) is 4.74 Å². The Balaban J connectivity index is 1.77. The highest BCUT2D eigenvalue weighted by Crippen LogP contribution is 2.43. The molecule has 3 unspecified atom stereocenters. The maximum absolute atomic E-state index is 13.0. The van der Waals surface area contributed by atoms with Gasteiger partial charge in [0.1, 0.15) is 30.2 Å². The van der Waals surface area contributed by atoms with E-state index in [2.05, 4.69) is 0 Å². The quantitative estimate of drug-likeness (QED) is 0.312. The zero-order valence-corrected chi connectivity index (χ0v) is 16.2. The molecule has 0 aromatic heterocycles. The lowest BCUT2D eigenvalue weighted by Gasteiger charge is -2.39. The fourth-order valence-electron chi connectivity index (χ4n) is 3.86. The number of rotatable bonds is 3. The molecule has 0 saturated carbocycles. The summed E-state index contributed by atoms with van der Waals surface area (Å²) in [4.78, 5) is 25.9. The van der Waals surface area contributed by atoms with Gasteiger partial charge in [-0.2, -0.15) is 0 Å². The number of aliphatic hydroxyl groups is 4. The molecule has 5 atom stereocenters. The average molecular weight is 432 g/mol. The lowest BCUT2D eigenvalue weighted by molar-refractivity contribution is -0.277. The van der Waals surface area contributed by atoms with E-state index in [1.165, 1.54) is 31.2 Å². The molecular formula is C21H20O10. The van der Waals surface area contributed by atoms with E-state index in [1.54, 1.807) is 0 Å². The number of benzene rings is 2. The maximum atomic E-state index is 13.0. The fourth-order valence-corrected chi connectivity index (χ4v) is 3.86. The van der Waals surface area contributed by atoms with E-state index in [4.69, 9.17) is 9.47 Å². The Morgan fingerprint density at radius 3 is 2.35 bits per heavy atom. The zero-order chi connectivity index (χ0) is 22.6. The van der Waals surface area contributed by atoms with Crippen molar-refractivity contribution in [3.05, 3.63) is 52.1 Å². The standard InChI is InChI=1S/C21H20O10/c1-7-5-9-13(16(26)12-8(14(9)24)3-2-4-10(12)23)17(27)20(7)31-21-19(29)18(28)15(25)11(6-22)30-21/h2-5,11,15,18-19,21-23,25,27-29H,6H2,1H3/t11?,15-,18?,19?,21-/m1/s1. The molecule has 1 heterocycles. The summed E-state index contributed by atoms with van der Waals surface area (Å²) >= 11 is 0. The molecule has 6 N–H and O–H groups in total. The molecule has 0 radical (unpaired) electrons. The van der Waals surface area contributed by atoms with E-state index in [0.29, 0.717) is 0 Å². The predicted molar refractivity (Wildman–Crippen MR) is 102 cm³/mol. The van der Waals surface area contributed by atoms with Gasteiger partial charge < -0.3 is 40.1 Å². The van der Waals surface area contributed by atoms with E-state index >= 15 is 0 Å². The summed E-state index contributed by atoms with van der Waals surface area (Å²) in [6.07, 6.45) is -7.89. The van der Waals surface area contributed by atoms with Crippen molar-refractivity contribution in [1.29, 1.82) is 0 Å². The van der Waals surface area contributed by atoms with Crippen LogP contribution < -0.4 is 4.74 Å². The molecule has 1 saturated heterocycles. The predicted octanol–water partition coefficient (Wildman–Crippen LogP) is -0.640. The first kappa shape index (κ1) is 21.2. The van der Waals surface area contributed by atoms with Crippen LogP contribution in [0.2, 0.25) is 0 Å². The van der Waals surface area contributed by atoms with Gasteiger partial charge in [0.2, 0.25) is 12.1 Å². The highest BCUT2D eigenvalue weighted by atomic mass is 16.7. The minimum Gasteiger partial charge on any atom is -0.507 e. The van der Waals surface area contributed by atoms with Crippen molar-refractivity contribution >= 4 is 11.6 Å². The fraction of sp³-hybridized carbons (Fsp3) is 0.333. The molecule has 0 bridgehead atoms. The summed E-state index contributed by atoms with van der Waals surface area (Å²) in [6, 6.07) is 5.38. The highest BCUT2D eigenvalue weighted by Gasteiger charge is 2.45. The topological polar surface area (TPSA) is 174 Å². The van der Waals surface area contributed by atoms with Gasteiger partial charge in [0.25, 0.3) is 0 Å². The summed E-state index contributed by atoms with van der Waals surface area (Å²) in [7, 11) is 0. The molecule has 31 heavy (non-hydrogen) atoms. The molecule has 2 aromatic carbocycles. The maximum Gasteiger partial charge on any atom is 0.229 e. The SMILES string of the molecule is Cc1cc2c(c(O)c1O[C@H]1OC(CO)[C@@H](O)C(O)C1O)C(=O)c1c(O)cccc1C2=O. The van der Waals surface area contributed by atoms with Crippen molar-refractivity contribution in [2.75, 3.05) is 6.61 Å². The normalized spacial score (nSPS) is 27.6. The molecule has 0 amide bonds. The van der Waals surface area contributed by atoms with Gasteiger partial charge in [0, 0.05) is 11.1 Å². The lowest BCUT2D eigenvalue weighted by atomic mass is 9.82. The van der Waals surface area contributed by atoms with Crippen molar-refractivity contribution in [1.82, 2.24) is 0 Å². The molecule has 0 spiro atoms. The third-order valence-electron chi connectivity index (χ3n) is 5.51. The molecule has 1 fully saturated rings. The Hall–Kier alpha value is -3.02. The third kappa shape index (κ3) is 3.16. The van der Waals surface area contributed by atoms with Crippen LogP contribution in [0, 0.1) is 6.92 Å². The molecule has 2 aromatic rings. The minimum absolute atomic E-state index is 0.00102. The van der Waals surface area contributed by atoms with Crippen molar-refractivity contribution in [2.45, 2.75) is 37.6 Å². The number of aromatic hydroxyl groups is 2. The number of aliphatic hydroxyl groups excluding tert-OH is 4. The highest BCUT2D eigenvalue weighted by molar-refractivity contribution is 6.30. The van der Waals surface area contributed by atoms with Crippen LogP contribution >= 0.6 is 0 Å². The smallest absolute Gasteiger partial charge is 0.229 e. The van der Waals surface area contributed by atoms with Gasteiger partial charge >= 0.3 is 0 Å². The van der Waals surface area contributed by atoms with Gasteiger partial charge in [-0.3, -0.25) is 9.59 Å². The summed E-state index contributed by atoms with van der Waals surface area (Å²) in [6.45, 7) is 0.804. The van der Waals surface area contributed by atoms with Gasteiger partial charge in [0.05, 0.1) is 17.7 Å². The van der Waals surface area contributed by atoms with Crippen molar-refractivity contribution < 1.29 is 49.7 Å². The second kappa shape index (κ2) is 7.59. The van der Waals surface area contributed by atoms with Gasteiger partial charge in [-0.1, -0.05) is 12.1 Å². The number of carbonyl (C=O) groups excluding carboxylic acids is 2. The molecule has 4 rings (SSSR count). The number of phenolic OH excluding ortho intramolecular Hbond substituents is 2. The molecule has 10 heteroatoms. The number of hydrogen-bond acceptors (Lipinski definition) is 10. The monoisotopic (exact) mass is 432 g/mol. The number of phenols is 2. The van der Waals surface area contributed by atoms with E-state index < -0.39 is 60.4 Å². The Labute approximate surface area is 175 Å². The van der Waals surface area contributed by atoms with Crippen LogP contribution in [0.25, 0.3) is 0 Å². The number of hydrogen-bond donors (Lipinski definition) is 6. The lowest BCUT2D eigenvalue weighted by Crippen LogP contribution is -2.60. The van der Waals surface area contributed by atoms with Crippen LogP contribution in [-0.4, -0.2) is 79.5 Å². The Bertz CT molecular complexity index is 1080. The summed E-state index contributed by atoms with van der Waals surface area (Å²) < 4.78 is 10.8. The van der Waals surface area contributed by atoms with E-state index in [1.807, 2.05) is 0 Å². The van der Waals surface area contributed by atoms with Crippen molar-refractivity contribution in [3.8, 4) is 17.2 Å². The molecular weight excluding hydrogens is 412 g/mol. The molecule has 10 nitrogen and oxygen atoms in total. The molecule has 1 aliphatic heterocycles. The number of ketones is 2. The molecule has 2 aliphatic rings. The average Bonchev–Trinajstić information content (AvgIpc) is 2.74. The minimum atomic E-state index is -1.74. The van der Waals surface area contributed by atoms with Crippen LogP contribution in [0.3, 0.4) is 0 Å². The summed E-state index contributed by atoms with van der Waals surface area (Å²) in [5.74, 6) is -2.79. The van der Waals surface area contributed by atoms with Gasteiger partial charge in [-0.25, -0.2) is 0 Å². The third-order valence-corrected chi connectivity index (χ3v) is 5.51. The van der Waals surface area contributed by atoms with Gasteiger partial charge in [-0.05, 0) is 24.6 Å². The number of fused-ring (bicyclic) bond motifs is 2. The van der Waals surface area contributed by atoms with Crippen molar-refractivity contribution in [2.24, 2.45) is 0 Å².